The second-order valence-electron chi connectivity index (χ2n) is 4.60. The predicted molar refractivity (Wildman–Crippen MR) is 74.3 cm³/mol. The van der Waals surface area contributed by atoms with Gasteiger partial charge in [0.15, 0.2) is 0 Å². The fourth-order valence-electron chi connectivity index (χ4n) is 1.55. The smallest absolute Gasteiger partial charge is 0.147 e. The lowest BCUT2D eigenvalue weighted by Gasteiger charge is -2.30. The maximum absolute atomic E-state index is 6.22. The van der Waals surface area contributed by atoms with Crippen molar-refractivity contribution in [1.29, 1.82) is 0 Å². The summed E-state index contributed by atoms with van der Waals surface area (Å²) in [7, 11) is 0. The van der Waals surface area contributed by atoms with E-state index in [4.69, 9.17) is 11.6 Å². The van der Waals surface area contributed by atoms with E-state index >= 15 is 0 Å². The number of hydrogen-bond donors (Lipinski definition) is 0. The molecule has 0 aromatic carbocycles. The van der Waals surface area contributed by atoms with Crippen molar-refractivity contribution in [1.82, 2.24) is 4.98 Å². The van der Waals surface area contributed by atoms with Crippen LogP contribution in [-0.2, 0) is 0 Å². The molecule has 1 aromatic heterocycles. The molecule has 0 amide bonds. The summed E-state index contributed by atoms with van der Waals surface area (Å²) in [6.45, 7) is 9.67. The first-order valence-corrected chi connectivity index (χ1v) is 6.66. The lowest BCUT2D eigenvalue weighted by molar-refractivity contribution is 0.566. The normalized spacial score (nSPS) is 11.2. The van der Waals surface area contributed by atoms with Crippen LogP contribution in [-0.4, -0.2) is 17.6 Å². The standard InChI is InChI=1S/C12H18BrClN2/c1-8(2)7-16(9(3)4)12-11(14)5-10(13)6-15-12/h5-6,8-9H,7H2,1-4H3. The highest BCUT2D eigenvalue weighted by Gasteiger charge is 2.16. The summed E-state index contributed by atoms with van der Waals surface area (Å²) in [5.41, 5.74) is 0. The molecule has 0 fully saturated rings. The molecule has 0 bridgehead atoms. The molecular weight excluding hydrogens is 288 g/mol. The highest BCUT2D eigenvalue weighted by Crippen LogP contribution is 2.28. The first-order chi connectivity index (χ1) is 7.41. The van der Waals surface area contributed by atoms with Crippen LogP contribution in [0.1, 0.15) is 27.7 Å². The monoisotopic (exact) mass is 304 g/mol. The van der Waals surface area contributed by atoms with Gasteiger partial charge in [-0.2, -0.15) is 0 Å². The van der Waals surface area contributed by atoms with Gasteiger partial charge < -0.3 is 4.90 Å². The molecule has 1 heterocycles. The van der Waals surface area contributed by atoms with Crippen LogP contribution in [0.15, 0.2) is 16.7 Å². The average molecular weight is 306 g/mol. The van der Waals surface area contributed by atoms with Gasteiger partial charge in [-0.25, -0.2) is 4.98 Å². The number of halogens is 2. The molecule has 0 unspecified atom stereocenters. The van der Waals surface area contributed by atoms with Gasteiger partial charge in [0.2, 0.25) is 0 Å². The van der Waals surface area contributed by atoms with Crippen molar-refractivity contribution in [3.05, 3.63) is 21.8 Å². The minimum Gasteiger partial charge on any atom is -0.353 e. The van der Waals surface area contributed by atoms with E-state index in [0.29, 0.717) is 17.0 Å². The van der Waals surface area contributed by atoms with Gasteiger partial charge in [-0.15, -0.1) is 0 Å². The fourth-order valence-corrected chi connectivity index (χ4v) is 2.29. The van der Waals surface area contributed by atoms with E-state index in [-0.39, 0.29) is 0 Å². The number of nitrogens with zero attached hydrogens (tertiary/aromatic N) is 2. The molecule has 0 atom stereocenters. The van der Waals surface area contributed by atoms with Crippen LogP contribution in [0.25, 0.3) is 0 Å². The van der Waals surface area contributed by atoms with Crippen molar-refractivity contribution in [2.24, 2.45) is 5.92 Å². The number of aromatic nitrogens is 1. The summed E-state index contributed by atoms with van der Waals surface area (Å²) in [5, 5.41) is 0.698. The second kappa shape index (κ2) is 5.87. The first kappa shape index (κ1) is 13.8. The Morgan fingerprint density at radius 3 is 2.44 bits per heavy atom. The minimum absolute atomic E-state index is 0.397. The predicted octanol–water partition coefficient (Wildman–Crippen LogP) is 4.37. The van der Waals surface area contributed by atoms with Crippen molar-refractivity contribution < 1.29 is 0 Å². The summed E-state index contributed by atoms with van der Waals surface area (Å²) in [5.74, 6) is 1.46. The molecule has 0 radical (unpaired) electrons. The fraction of sp³-hybridized carbons (Fsp3) is 0.583. The Balaban J connectivity index is 3.01. The average Bonchev–Trinajstić information content (AvgIpc) is 2.14. The first-order valence-electron chi connectivity index (χ1n) is 5.49. The Kier molecular flexibility index (Phi) is 5.06. The quantitative estimate of drug-likeness (QED) is 0.821. The number of pyridine rings is 1. The lowest BCUT2D eigenvalue weighted by atomic mass is 10.2. The van der Waals surface area contributed by atoms with Crippen LogP contribution in [0.5, 0.6) is 0 Å². The molecule has 0 spiro atoms. The van der Waals surface area contributed by atoms with E-state index in [0.717, 1.165) is 16.8 Å². The number of anilines is 1. The molecule has 0 saturated carbocycles. The van der Waals surface area contributed by atoms with E-state index in [1.54, 1.807) is 6.20 Å². The molecule has 1 rings (SSSR count). The molecule has 90 valence electrons. The second-order valence-corrected chi connectivity index (χ2v) is 5.92. The molecule has 0 aliphatic heterocycles. The maximum atomic E-state index is 6.22. The van der Waals surface area contributed by atoms with Gasteiger partial charge in [0.05, 0.1) is 5.02 Å². The summed E-state index contributed by atoms with van der Waals surface area (Å²) in [4.78, 5) is 6.64. The summed E-state index contributed by atoms with van der Waals surface area (Å²) >= 11 is 9.59. The molecule has 0 aliphatic carbocycles. The van der Waals surface area contributed by atoms with Crippen LogP contribution >= 0.6 is 27.5 Å². The summed E-state index contributed by atoms with van der Waals surface area (Å²) < 4.78 is 0.912. The Labute approximate surface area is 111 Å². The molecular formula is C12H18BrClN2. The molecule has 2 nitrogen and oxygen atoms in total. The van der Waals surface area contributed by atoms with E-state index in [1.807, 2.05) is 6.07 Å². The van der Waals surface area contributed by atoms with Crippen LogP contribution in [0, 0.1) is 5.92 Å². The van der Waals surface area contributed by atoms with Gasteiger partial charge in [0, 0.05) is 23.3 Å². The highest BCUT2D eigenvalue weighted by molar-refractivity contribution is 9.10. The van der Waals surface area contributed by atoms with Gasteiger partial charge in [-0.05, 0) is 41.8 Å². The molecule has 4 heteroatoms. The molecule has 16 heavy (non-hydrogen) atoms. The van der Waals surface area contributed by atoms with Crippen LogP contribution in [0.3, 0.4) is 0 Å². The lowest BCUT2D eigenvalue weighted by Crippen LogP contribution is -2.35. The topological polar surface area (TPSA) is 16.1 Å². The summed E-state index contributed by atoms with van der Waals surface area (Å²) in [6.07, 6.45) is 1.79. The Morgan fingerprint density at radius 1 is 1.38 bits per heavy atom. The zero-order valence-electron chi connectivity index (χ0n) is 10.2. The maximum Gasteiger partial charge on any atom is 0.147 e. The van der Waals surface area contributed by atoms with Crippen molar-refractivity contribution in [3.63, 3.8) is 0 Å². The minimum atomic E-state index is 0.397. The van der Waals surface area contributed by atoms with Gasteiger partial charge in [-0.3, -0.25) is 0 Å². The molecule has 1 aromatic rings. The number of rotatable bonds is 4. The SMILES string of the molecule is CC(C)CN(c1ncc(Br)cc1Cl)C(C)C. The van der Waals surface area contributed by atoms with Crippen molar-refractivity contribution in [2.45, 2.75) is 33.7 Å². The zero-order valence-corrected chi connectivity index (χ0v) is 12.5. The molecule has 0 saturated heterocycles. The van der Waals surface area contributed by atoms with Crippen molar-refractivity contribution >= 4 is 33.3 Å². The third kappa shape index (κ3) is 3.63. The largest absolute Gasteiger partial charge is 0.353 e. The Hall–Kier alpha value is -0.280. The Morgan fingerprint density at radius 2 is 2.00 bits per heavy atom. The van der Waals surface area contributed by atoms with E-state index in [9.17, 15) is 0 Å². The van der Waals surface area contributed by atoms with Gasteiger partial charge in [0.1, 0.15) is 5.82 Å². The zero-order chi connectivity index (χ0) is 12.3. The van der Waals surface area contributed by atoms with Crippen molar-refractivity contribution in [2.75, 3.05) is 11.4 Å². The van der Waals surface area contributed by atoms with Crippen LogP contribution in [0.4, 0.5) is 5.82 Å². The summed E-state index contributed by atoms with van der Waals surface area (Å²) in [6, 6.07) is 2.29. The molecule has 0 aliphatic rings. The Bertz CT molecular complexity index is 353. The highest BCUT2D eigenvalue weighted by atomic mass is 79.9. The number of hydrogen-bond acceptors (Lipinski definition) is 2. The van der Waals surface area contributed by atoms with Gasteiger partial charge in [0.25, 0.3) is 0 Å². The van der Waals surface area contributed by atoms with Crippen LogP contribution in [0.2, 0.25) is 5.02 Å². The van der Waals surface area contributed by atoms with Crippen LogP contribution < -0.4 is 4.90 Å². The van der Waals surface area contributed by atoms with Crippen molar-refractivity contribution in [3.8, 4) is 0 Å². The van der Waals surface area contributed by atoms with Gasteiger partial charge in [-0.1, -0.05) is 25.4 Å². The molecule has 0 N–H and O–H groups in total. The third-order valence-corrected chi connectivity index (χ3v) is 2.96. The van der Waals surface area contributed by atoms with E-state index in [1.165, 1.54) is 0 Å². The van der Waals surface area contributed by atoms with E-state index < -0.39 is 0 Å². The third-order valence-electron chi connectivity index (χ3n) is 2.25. The van der Waals surface area contributed by atoms with Gasteiger partial charge >= 0.3 is 0 Å². The van der Waals surface area contributed by atoms with E-state index in [2.05, 4.69) is 53.5 Å².